The highest BCUT2D eigenvalue weighted by molar-refractivity contribution is 6.71. The normalized spacial score (nSPS) is 28.5. The zero-order valence-electron chi connectivity index (χ0n) is 22.0. The maximum Gasteiger partial charge on any atom is 0.217 e. The molecule has 1 aliphatic heterocycles. The first-order valence-corrected chi connectivity index (χ1v) is 24.9. The second-order valence-electron chi connectivity index (χ2n) is 12.3. The van der Waals surface area contributed by atoms with Crippen molar-refractivity contribution in [1.29, 1.82) is 0 Å². The predicted octanol–water partition coefficient (Wildman–Crippen LogP) is 4.36. The third-order valence-electron chi connectivity index (χ3n) is 4.15. The number of carbonyl (C=O) groups excluding carboxylic acids is 1. The predicted molar refractivity (Wildman–Crippen MR) is 136 cm³/mol. The average molecular weight is 510 g/mol. The second kappa shape index (κ2) is 10.6. The molecular weight excluding hydrogens is 463 g/mol. The molecule has 0 saturated carbocycles. The lowest BCUT2D eigenvalue weighted by molar-refractivity contribution is -0.238. The van der Waals surface area contributed by atoms with E-state index in [9.17, 15) is 4.79 Å². The van der Waals surface area contributed by atoms with Crippen LogP contribution in [0.3, 0.4) is 0 Å². The zero-order valence-corrected chi connectivity index (χ0v) is 26.0. The van der Waals surface area contributed by atoms with Crippen molar-refractivity contribution in [2.45, 2.75) is 116 Å². The Labute approximate surface area is 194 Å². The summed E-state index contributed by atoms with van der Waals surface area (Å²) in [4.78, 5) is 12.2. The van der Waals surface area contributed by atoms with Crippen LogP contribution in [0.15, 0.2) is 0 Å². The van der Waals surface area contributed by atoms with Gasteiger partial charge in [0, 0.05) is 6.92 Å². The van der Waals surface area contributed by atoms with E-state index in [-0.39, 0.29) is 24.2 Å². The van der Waals surface area contributed by atoms with E-state index in [2.05, 4.69) is 83.9 Å². The Morgan fingerprint density at radius 2 is 1.19 bits per heavy atom. The molecule has 1 N–H and O–H groups in total. The Bertz CT molecular complexity index is 594. The molecule has 0 aromatic heterocycles. The van der Waals surface area contributed by atoms with Gasteiger partial charge in [-0.3, -0.25) is 4.79 Å². The van der Waals surface area contributed by atoms with E-state index >= 15 is 0 Å². The molecule has 1 heterocycles. The molecule has 11 heteroatoms. The van der Waals surface area contributed by atoms with E-state index in [1.165, 1.54) is 6.92 Å². The molecule has 5 atom stereocenters. The number of amides is 1. The number of hydrogen-bond donors (Lipinski definition) is 1. The number of carbonyl (C=O) groups is 1. The topological polar surface area (TPSA) is 75.3 Å². The summed E-state index contributed by atoms with van der Waals surface area (Å²) >= 11 is 0. The van der Waals surface area contributed by atoms with Gasteiger partial charge >= 0.3 is 0 Å². The van der Waals surface area contributed by atoms with Gasteiger partial charge in [-0.2, -0.15) is 0 Å². The largest absolute Gasteiger partial charge is 0.415 e. The SMILES string of the molecule is CC(=O)N[C@@H]1[C@@H](O[Si](C)(C)C)O[C@H](CO[Si](C)(C)C)[C@@H](O[Si](C)(C)C)[C@@H]1O[Si](C)(C)C. The molecule has 1 rings (SSSR count). The molecule has 0 bridgehead atoms. The molecule has 0 unspecified atom stereocenters. The fourth-order valence-corrected chi connectivity index (χ4v) is 7.07. The molecule has 7 nitrogen and oxygen atoms in total. The summed E-state index contributed by atoms with van der Waals surface area (Å²) in [5.74, 6) is -0.134. The lowest BCUT2D eigenvalue weighted by Crippen LogP contribution is -2.69. The molecular formula is C20H47NO6Si4. The van der Waals surface area contributed by atoms with E-state index in [0.717, 1.165) is 0 Å². The van der Waals surface area contributed by atoms with Crippen LogP contribution in [-0.2, 0) is 27.2 Å². The highest BCUT2D eigenvalue weighted by atomic mass is 28.4. The number of rotatable bonds is 10. The first-order valence-electron chi connectivity index (χ1n) is 11.3. The van der Waals surface area contributed by atoms with Gasteiger partial charge in [0.15, 0.2) is 39.6 Å². The number of hydrogen-bond acceptors (Lipinski definition) is 6. The van der Waals surface area contributed by atoms with Crippen molar-refractivity contribution < 1.29 is 27.2 Å². The summed E-state index contributed by atoms with van der Waals surface area (Å²) < 4.78 is 32.5. The van der Waals surface area contributed by atoms with Gasteiger partial charge in [0.25, 0.3) is 0 Å². The van der Waals surface area contributed by atoms with E-state index in [0.29, 0.717) is 6.61 Å². The summed E-state index contributed by atoms with van der Waals surface area (Å²) in [6.07, 6.45) is -1.64. The molecule has 1 saturated heterocycles. The Morgan fingerprint density at radius 3 is 1.58 bits per heavy atom. The van der Waals surface area contributed by atoms with Crippen LogP contribution in [0.25, 0.3) is 0 Å². The third-order valence-corrected chi connectivity index (χ3v) is 8.08. The van der Waals surface area contributed by atoms with Crippen molar-refractivity contribution in [2.75, 3.05) is 6.61 Å². The van der Waals surface area contributed by atoms with Crippen molar-refractivity contribution in [3.8, 4) is 0 Å². The minimum atomic E-state index is -1.98. The van der Waals surface area contributed by atoms with Crippen LogP contribution in [0, 0.1) is 0 Å². The lowest BCUT2D eigenvalue weighted by Gasteiger charge is -2.50. The maximum absolute atomic E-state index is 12.2. The third kappa shape index (κ3) is 11.7. The molecule has 0 aliphatic carbocycles. The van der Waals surface area contributed by atoms with E-state index in [1.54, 1.807) is 0 Å². The molecule has 1 aliphatic rings. The van der Waals surface area contributed by atoms with Crippen molar-refractivity contribution in [3.63, 3.8) is 0 Å². The molecule has 1 fully saturated rings. The smallest absolute Gasteiger partial charge is 0.217 e. The number of nitrogens with one attached hydrogen (secondary N) is 1. The fourth-order valence-electron chi connectivity index (χ4n) is 3.31. The van der Waals surface area contributed by atoms with Gasteiger partial charge in [-0.1, -0.05) is 0 Å². The Hall–Kier alpha value is 0.138. The fraction of sp³-hybridized carbons (Fsp3) is 0.950. The van der Waals surface area contributed by atoms with Crippen molar-refractivity contribution in [2.24, 2.45) is 0 Å². The molecule has 184 valence electrons. The minimum absolute atomic E-state index is 0.134. The minimum Gasteiger partial charge on any atom is -0.415 e. The molecule has 31 heavy (non-hydrogen) atoms. The molecule has 0 spiro atoms. The number of ether oxygens (including phenoxy) is 1. The molecule has 0 radical (unpaired) electrons. The van der Waals surface area contributed by atoms with E-state index in [1.807, 2.05) is 0 Å². The maximum atomic E-state index is 12.2. The van der Waals surface area contributed by atoms with Crippen LogP contribution < -0.4 is 5.32 Å². The van der Waals surface area contributed by atoms with Gasteiger partial charge in [-0.25, -0.2) is 0 Å². The van der Waals surface area contributed by atoms with Crippen LogP contribution in [0.2, 0.25) is 78.6 Å². The molecule has 1 amide bonds. The van der Waals surface area contributed by atoms with Crippen LogP contribution in [0.1, 0.15) is 6.92 Å². The van der Waals surface area contributed by atoms with Gasteiger partial charge in [-0.05, 0) is 78.6 Å². The monoisotopic (exact) mass is 509 g/mol. The lowest BCUT2D eigenvalue weighted by atomic mass is 9.97. The van der Waals surface area contributed by atoms with Gasteiger partial charge in [0.05, 0.1) is 12.7 Å². The summed E-state index contributed by atoms with van der Waals surface area (Å²) in [6.45, 7) is 27.7. The summed E-state index contributed by atoms with van der Waals surface area (Å²) in [5.41, 5.74) is 0. The van der Waals surface area contributed by atoms with E-state index < -0.39 is 45.6 Å². The quantitative estimate of drug-likeness (QED) is 0.441. The Morgan fingerprint density at radius 1 is 0.742 bits per heavy atom. The standard InChI is InChI=1S/C20H47NO6Si4/c1-15(22)21-17-19(26-30(8,9)10)18(25-29(5,6)7)16(14-23-28(2,3)4)24-20(17)27-31(11,12)13/h16-20H,14H2,1-13H3,(H,21,22)/t16-,17+,18-,19-,20-/m1/s1. The van der Waals surface area contributed by atoms with Crippen molar-refractivity contribution >= 4 is 39.2 Å². The van der Waals surface area contributed by atoms with Crippen LogP contribution in [-0.4, -0.2) is 76.4 Å². The van der Waals surface area contributed by atoms with Crippen LogP contribution in [0.5, 0.6) is 0 Å². The van der Waals surface area contributed by atoms with Gasteiger partial charge in [0.1, 0.15) is 18.2 Å². The van der Waals surface area contributed by atoms with Crippen LogP contribution in [0.4, 0.5) is 0 Å². The molecule has 0 aromatic carbocycles. The van der Waals surface area contributed by atoms with Crippen LogP contribution >= 0.6 is 0 Å². The summed E-state index contributed by atoms with van der Waals surface area (Å²) in [7, 11) is -7.67. The first kappa shape index (κ1) is 29.2. The summed E-state index contributed by atoms with van der Waals surface area (Å²) in [6, 6.07) is -0.444. The Kier molecular flexibility index (Phi) is 9.97. The summed E-state index contributed by atoms with van der Waals surface area (Å²) in [5, 5.41) is 3.07. The second-order valence-corrected chi connectivity index (χ2v) is 30.2. The van der Waals surface area contributed by atoms with Gasteiger partial charge in [0.2, 0.25) is 5.91 Å². The van der Waals surface area contributed by atoms with E-state index in [4.69, 9.17) is 22.4 Å². The van der Waals surface area contributed by atoms with Gasteiger partial charge in [-0.15, -0.1) is 0 Å². The highest BCUT2D eigenvalue weighted by Gasteiger charge is 2.51. The highest BCUT2D eigenvalue weighted by Crippen LogP contribution is 2.32. The Balaban J connectivity index is 3.45. The zero-order chi connectivity index (χ0) is 24.4. The van der Waals surface area contributed by atoms with Crippen molar-refractivity contribution in [3.05, 3.63) is 0 Å². The average Bonchev–Trinajstić information content (AvgIpc) is 2.46. The first-order chi connectivity index (χ1) is 13.7. The van der Waals surface area contributed by atoms with Crippen molar-refractivity contribution in [1.82, 2.24) is 5.32 Å². The van der Waals surface area contributed by atoms with Gasteiger partial charge < -0.3 is 27.8 Å². The molecule has 0 aromatic rings.